The van der Waals surface area contributed by atoms with Crippen LogP contribution in [0.2, 0.25) is 5.02 Å². The molecule has 46 heavy (non-hydrogen) atoms. The fourth-order valence-corrected chi connectivity index (χ4v) is 7.06. The number of likely N-dealkylation sites (tertiary alicyclic amines) is 2. The van der Waals surface area contributed by atoms with Crippen LogP contribution in [0.5, 0.6) is 0 Å². The molecule has 0 spiro atoms. The second-order valence-corrected chi connectivity index (χ2v) is 12.9. The van der Waals surface area contributed by atoms with E-state index in [-0.39, 0.29) is 64.5 Å². The van der Waals surface area contributed by atoms with E-state index in [0.29, 0.717) is 44.2 Å². The molecule has 1 aliphatic carbocycles. The molecule has 3 heterocycles. The van der Waals surface area contributed by atoms with Crippen molar-refractivity contribution >= 4 is 45.8 Å². The predicted molar refractivity (Wildman–Crippen MR) is 170 cm³/mol. The van der Waals surface area contributed by atoms with Gasteiger partial charge in [-0.05, 0) is 61.3 Å². The molecule has 2 atom stereocenters. The molecule has 0 radical (unpaired) electrons. The number of amides is 2. The van der Waals surface area contributed by atoms with Crippen LogP contribution in [-0.2, 0) is 25.5 Å². The fourth-order valence-electron chi connectivity index (χ4n) is 6.83. The molecule has 2 N–H and O–H groups in total. The number of hydrogen-bond donors (Lipinski definition) is 2. The molecule has 2 aliphatic heterocycles. The number of hydrogen-bond acceptors (Lipinski definition) is 7. The molecule has 2 aromatic carbocycles. The number of carbonyl (C=O) groups excluding carboxylic acids is 2. The molecular weight excluding hydrogens is 615 g/mol. The van der Waals surface area contributed by atoms with Crippen molar-refractivity contribution in [3.05, 3.63) is 70.8 Å². The van der Waals surface area contributed by atoms with Crippen LogP contribution in [0.15, 0.2) is 48.7 Å². The molecule has 6 rings (SSSR count). The third kappa shape index (κ3) is 7.02. The van der Waals surface area contributed by atoms with E-state index in [1.54, 1.807) is 24.1 Å². The van der Waals surface area contributed by atoms with Crippen molar-refractivity contribution < 1.29 is 33.4 Å². The SMILES string of the molecule is COC1CN([C@H]2CC(CO[C@H]3CC[C@H](C(=O)O)CC3)N(C(=O)Cc3cc(Cl)c(NC(=O)c4nccc5ccccc45)cc3F)C2)C1. The Labute approximate surface area is 271 Å². The van der Waals surface area contributed by atoms with E-state index >= 15 is 4.39 Å². The Kier molecular flexibility index (Phi) is 9.84. The molecule has 1 unspecified atom stereocenters. The summed E-state index contributed by atoms with van der Waals surface area (Å²) in [7, 11) is 1.69. The van der Waals surface area contributed by atoms with Gasteiger partial charge in [0, 0.05) is 44.4 Å². The van der Waals surface area contributed by atoms with Gasteiger partial charge in [0.25, 0.3) is 5.91 Å². The van der Waals surface area contributed by atoms with Gasteiger partial charge in [0.05, 0.1) is 47.9 Å². The van der Waals surface area contributed by atoms with Crippen molar-refractivity contribution in [3.63, 3.8) is 0 Å². The molecule has 10 nitrogen and oxygen atoms in total. The Balaban J connectivity index is 1.12. The minimum atomic E-state index is -0.762. The number of ether oxygens (including phenoxy) is 2. The number of anilines is 1. The number of fused-ring (bicyclic) bond motifs is 1. The molecule has 3 aliphatic rings. The van der Waals surface area contributed by atoms with Gasteiger partial charge in [0.1, 0.15) is 11.5 Å². The average molecular weight is 653 g/mol. The molecule has 12 heteroatoms. The number of pyridine rings is 1. The third-order valence-corrected chi connectivity index (χ3v) is 9.91. The van der Waals surface area contributed by atoms with Gasteiger partial charge in [-0.15, -0.1) is 0 Å². The lowest BCUT2D eigenvalue weighted by Gasteiger charge is -2.42. The molecule has 2 saturated heterocycles. The lowest BCUT2D eigenvalue weighted by atomic mass is 9.87. The summed E-state index contributed by atoms with van der Waals surface area (Å²) in [6, 6.07) is 11.6. The summed E-state index contributed by atoms with van der Waals surface area (Å²) >= 11 is 6.51. The van der Waals surface area contributed by atoms with E-state index in [1.807, 2.05) is 18.2 Å². The maximum atomic E-state index is 15.4. The zero-order chi connectivity index (χ0) is 32.4. The number of carboxylic acid groups (broad SMARTS) is 1. The average Bonchev–Trinajstić information content (AvgIpc) is 3.45. The zero-order valence-electron chi connectivity index (χ0n) is 25.7. The number of methoxy groups -OCH3 is 1. The van der Waals surface area contributed by atoms with Gasteiger partial charge in [-0.2, -0.15) is 0 Å². The van der Waals surface area contributed by atoms with E-state index in [2.05, 4.69) is 15.2 Å². The number of nitrogens with zero attached hydrogens (tertiary/aromatic N) is 3. The molecule has 0 bridgehead atoms. The van der Waals surface area contributed by atoms with Crippen molar-refractivity contribution in [1.82, 2.24) is 14.8 Å². The van der Waals surface area contributed by atoms with Gasteiger partial charge < -0.3 is 24.8 Å². The Morgan fingerprint density at radius 1 is 1.07 bits per heavy atom. The topological polar surface area (TPSA) is 121 Å². The van der Waals surface area contributed by atoms with Crippen LogP contribution in [0.4, 0.5) is 10.1 Å². The second-order valence-electron chi connectivity index (χ2n) is 12.5. The Bertz CT molecular complexity index is 1600. The number of carboxylic acids is 1. The first-order chi connectivity index (χ1) is 22.2. The summed E-state index contributed by atoms with van der Waals surface area (Å²) in [5.74, 6) is -2.50. The highest BCUT2D eigenvalue weighted by Crippen LogP contribution is 2.32. The Morgan fingerprint density at radius 3 is 2.57 bits per heavy atom. The highest BCUT2D eigenvalue weighted by atomic mass is 35.5. The molecule has 1 saturated carbocycles. The van der Waals surface area contributed by atoms with Crippen LogP contribution in [0.25, 0.3) is 10.8 Å². The summed E-state index contributed by atoms with van der Waals surface area (Å²) in [6.07, 6.45) is 4.71. The first-order valence-corrected chi connectivity index (χ1v) is 16.1. The maximum Gasteiger partial charge on any atom is 0.306 e. The zero-order valence-corrected chi connectivity index (χ0v) is 26.4. The van der Waals surface area contributed by atoms with Gasteiger partial charge >= 0.3 is 5.97 Å². The Morgan fingerprint density at radius 2 is 1.83 bits per heavy atom. The van der Waals surface area contributed by atoms with Crippen molar-refractivity contribution in [2.45, 2.75) is 62.8 Å². The van der Waals surface area contributed by atoms with Crippen LogP contribution in [0.1, 0.15) is 48.2 Å². The molecule has 1 aromatic heterocycles. The van der Waals surface area contributed by atoms with E-state index in [4.69, 9.17) is 21.1 Å². The van der Waals surface area contributed by atoms with E-state index in [0.717, 1.165) is 31.0 Å². The van der Waals surface area contributed by atoms with E-state index in [1.165, 1.54) is 12.3 Å². The van der Waals surface area contributed by atoms with Gasteiger partial charge in [0.15, 0.2) is 0 Å². The summed E-state index contributed by atoms with van der Waals surface area (Å²) in [5, 5.41) is 13.6. The van der Waals surface area contributed by atoms with Gasteiger partial charge in [-0.1, -0.05) is 35.9 Å². The quantitative estimate of drug-likeness (QED) is 0.321. The van der Waals surface area contributed by atoms with Crippen LogP contribution < -0.4 is 5.32 Å². The number of carbonyl (C=O) groups is 3. The Hall–Kier alpha value is -3.64. The van der Waals surface area contributed by atoms with Gasteiger partial charge in [0.2, 0.25) is 5.91 Å². The molecular formula is C34H38ClFN4O6. The largest absolute Gasteiger partial charge is 0.481 e. The first kappa shape index (κ1) is 32.3. The summed E-state index contributed by atoms with van der Waals surface area (Å²) < 4.78 is 27.1. The number of nitrogens with one attached hydrogen (secondary N) is 1. The van der Waals surface area contributed by atoms with Crippen LogP contribution in [-0.4, -0.2) is 95.3 Å². The normalized spacial score (nSPS) is 23.8. The number of aliphatic carboxylic acids is 1. The van der Waals surface area contributed by atoms with Crippen LogP contribution in [0.3, 0.4) is 0 Å². The number of halogens is 2. The third-order valence-electron chi connectivity index (χ3n) is 9.60. The lowest BCUT2D eigenvalue weighted by Crippen LogP contribution is -2.56. The minimum Gasteiger partial charge on any atom is -0.481 e. The fraction of sp³-hybridized carbons (Fsp3) is 0.471. The van der Waals surface area contributed by atoms with Crippen molar-refractivity contribution in [2.75, 3.05) is 38.7 Å². The van der Waals surface area contributed by atoms with Crippen LogP contribution in [0, 0.1) is 11.7 Å². The lowest BCUT2D eigenvalue weighted by molar-refractivity contribution is -0.144. The van der Waals surface area contributed by atoms with Crippen LogP contribution >= 0.6 is 11.6 Å². The number of aromatic nitrogens is 1. The molecule has 3 fully saturated rings. The highest BCUT2D eigenvalue weighted by molar-refractivity contribution is 6.34. The summed E-state index contributed by atoms with van der Waals surface area (Å²) in [4.78, 5) is 46.4. The van der Waals surface area contributed by atoms with Crippen molar-refractivity contribution in [1.29, 1.82) is 0 Å². The molecule has 2 amide bonds. The summed E-state index contributed by atoms with van der Waals surface area (Å²) in [5.41, 5.74) is 0.417. The van der Waals surface area contributed by atoms with Crippen molar-refractivity contribution in [3.8, 4) is 0 Å². The number of rotatable bonds is 10. The molecule has 244 valence electrons. The second kappa shape index (κ2) is 14.0. The minimum absolute atomic E-state index is 0.0448. The maximum absolute atomic E-state index is 15.4. The van der Waals surface area contributed by atoms with E-state index < -0.39 is 17.7 Å². The monoisotopic (exact) mass is 652 g/mol. The highest BCUT2D eigenvalue weighted by Gasteiger charge is 2.42. The number of benzene rings is 2. The first-order valence-electron chi connectivity index (χ1n) is 15.7. The predicted octanol–water partition coefficient (Wildman–Crippen LogP) is 4.78. The summed E-state index contributed by atoms with van der Waals surface area (Å²) in [6.45, 7) is 2.42. The van der Waals surface area contributed by atoms with E-state index in [9.17, 15) is 19.5 Å². The van der Waals surface area contributed by atoms with Crippen molar-refractivity contribution in [2.24, 2.45) is 5.92 Å². The van der Waals surface area contributed by atoms with Gasteiger partial charge in [-0.3, -0.25) is 24.3 Å². The smallest absolute Gasteiger partial charge is 0.306 e. The molecule has 3 aromatic rings. The van der Waals surface area contributed by atoms with Gasteiger partial charge in [-0.25, -0.2) is 4.39 Å². The standard InChI is InChI=1S/C34H38ClFN4O6/c1-45-26-17-39(18-26)23-14-24(19-46-25-8-6-21(7-9-25)34(43)44)40(16-23)31(41)13-22-12-28(35)30(15-29(22)36)38-33(42)32-27-5-3-2-4-20(27)10-11-37-32/h2-5,10-12,15,21,23-26H,6-9,13-14,16-19H2,1H3,(H,38,42)(H,43,44)/t21-,23-,24?,25-/m0/s1.